The van der Waals surface area contributed by atoms with E-state index in [0.29, 0.717) is 13.0 Å². The van der Waals surface area contributed by atoms with Crippen LogP contribution in [0.25, 0.3) is 0 Å². The Morgan fingerprint density at radius 3 is 2.50 bits per heavy atom. The molecule has 1 N–H and O–H groups in total. The van der Waals surface area contributed by atoms with Crippen molar-refractivity contribution in [1.29, 1.82) is 0 Å². The minimum absolute atomic E-state index is 0.102. The summed E-state index contributed by atoms with van der Waals surface area (Å²) >= 11 is 0. The van der Waals surface area contributed by atoms with Crippen LogP contribution in [0.15, 0.2) is 24.3 Å². The lowest BCUT2D eigenvalue weighted by atomic mass is 10.2. The van der Waals surface area contributed by atoms with Gasteiger partial charge in [0.2, 0.25) is 11.8 Å². The van der Waals surface area contributed by atoms with E-state index in [9.17, 15) is 13.8 Å². The van der Waals surface area contributed by atoms with Gasteiger partial charge in [-0.25, -0.2) is 0 Å². The fourth-order valence-corrected chi connectivity index (χ4v) is 4.82. The first-order chi connectivity index (χ1) is 11.6. The van der Waals surface area contributed by atoms with E-state index in [1.54, 1.807) is 4.90 Å². The molecule has 1 aromatic rings. The van der Waals surface area contributed by atoms with E-state index in [-0.39, 0.29) is 22.8 Å². The van der Waals surface area contributed by atoms with Crippen molar-refractivity contribution < 1.29 is 13.8 Å². The smallest absolute Gasteiger partial charge is 0.232 e. The third-order valence-corrected chi connectivity index (χ3v) is 6.52. The molecule has 1 aromatic carbocycles. The van der Waals surface area contributed by atoms with Crippen molar-refractivity contribution in [3.63, 3.8) is 0 Å². The Bertz CT molecular complexity index is 624. The predicted octanol–water partition coefficient (Wildman–Crippen LogP) is 2.12. The number of hydrogen-bond acceptors (Lipinski definition) is 3. The van der Waals surface area contributed by atoms with E-state index in [1.165, 1.54) is 0 Å². The van der Waals surface area contributed by atoms with E-state index in [1.807, 2.05) is 24.3 Å². The van der Waals surface area contributed by atoms with Crippen LogP contribution in [0.5, 0.6) is 0 Å². The van der Waals surface area contributed by atoms with Gasteiger partial charge in [0.05, 0.1) is 0 Å². The zero-order valence-corrected chi connectivity index (χ0v) is 14.6. The van der Waals surface area contributed by atoms with Crippen LogP contribution >= 0.6 is 0 Å². The highest BCUT2D eigenvalue weighted by Crippen LogP contribution is 2.23. The highest BCUT2D eigenvalue weighted by Gasteiger charge is 2.23. The third-order valence-electron chi connectivity index (χ3n) is 4.76. The number of benzene rings is 1. The van der Waals surface area contributed by atoms with Gasteiger partial charge in [0.25, 0.3) is 0 Å². The molecular weight excluding hydrogens is 324 g/mol. The van der Waals surface area contributed by atoms with Gasteiger partial charge in [-0.1, -0.05) is 25.0 Å². The highest BCUT2D eigenvalue weighted by atomic mass is 32.2. The summed E-state index contributed by atoms with van der Waals surface area (Å²) in [7, 11) is -1.05. The average Bonchev–Trinajstić information content (AvgIpc) is 3.25. The summed E-state index contributed by atoms with van der Waals surface area (Å²) in [5.41, 5.74) is 1.89. The first-order valence-electron chi connectivity index (χ1n) is 8.66. The summed E-state index contributed by atoms with van der Waals surface area (Å²) in [4.78, 5) is 25.5. The van der Waals surface area contributed by atoms with Gasteiger partial charge < -0.3 is 10.2 Å². The van der Waals surface area contributed by atoms with E-state index in [2.05, 4.69) is 5.32 Å². The van der Waals surface area contributed by atoms with Gasteiger partial charge in [-0.05, 0) is 37.0 Å². The number of rotatable bonds is 6. The van der Waals surface area contributed by atoms with Crippen molar-refractivity contribution in [3.05, 3.63) is 29.8 Å². The predicted molar refractivity (Wildman–Crippen MR) is 95.1 cm³/mol. The first kappa shape index (κ1) is 17.1. The Morgan fingerprint density at radius 2 is 1.88 bits per heavy atom. The fraction of sp³-hybridized carbons (Fsp3) is 0.556. The molecule has 0 bridgehead atoms. The molecule has 24 heavy (non-hydrogen) atoms. The largest absolute Gasteiger partial charge is 0.351 e. The zero-order chi connectivity index (χ0) is 16.9. The van der Waals surface area contributed by atoms with Crippen molar-refractivity contribution in [3.8, 4) is 0 Å². The molecule has 1 aliphatic carbocycles. The van der Waals surface area contributed by atoms with Crippen LogP contribution in [0.3, 0.4) is 0 Å². The summed E-state index contributed by atoms with van der Waals surface area (Å²) in [6.07, 6.45) is 5.76. The molecular formula is C18H24N2O3S. The Labute approximate surface area is 145 Å². The number of nitrogens with zero attached hydrogens (tertiary/aromatic N) is 1. The minimum Gasteiger partial charge on any atom is -0.351 e. The summed E-state index contributed by atoms with van der Waals surface area (Å²) < 4.78 is 12.1. The Kier molecular flexibility index (Phi) is 5.66. The van der Waals surface area contributed by atoms with Crippen LogP contribution in [-0.4, -0.2) is 33.6 Å². The molecule has 0 radical (unpaired) electrons. The lowest BCUT2D eigenvalue weighted by Gasteiger charge is -2.16. The number of carbonyl (C=O) groups excluding carboxylic acids is 2. The second kappa shape index (κ2) is 7.92. The van der Waals surface area contributed by atoms with Crippen LogP contribution in [0.2, 0.25) is 0 Å². The standard InChI is InChI=1S/C18H24N2O3S/c21-17(13-24(23)16-4-1-2-5-16)19-12-14-7-9-15(10-8-14)20-11-3-6-18(20)22/h7-10,16H,1-6,11-13H2,(H,19,21). The van der Waals surface area contributed by atoms with Gasteiger partial charge in [-0.2, -0.15) is 0 Å². The van der Waals surface area contributed by atoms with Crippen molar-refractivity contribution >= 4 is 28.3 Å². The van der Waals surface area contributed by atoms with Gasteiger partial charge in [0.15, 0.2) is 0 Å². The Balaban J connectivity index is 1.46. The van der Waals surface area contributed by atoms with Gasteiger partial charge in [-0.3, -0.25) is 13.8 Å². The van der Waals surface area contributed by atoms with Crippen LogP contribution in [-0.2, 0) is 26.9 Å². The minimum atomic E-state index is -1.05. The Hall–Kier alpha value is -1.69. The normalized spacial score (nSPS) is 19.7. The highest BCUT2D eigenvalue weighted by molar-refractivity contribution is 7.86. The second-order valence-corrected chi connectivity index (χ2v) is 8.24. The molecule has 1 unspecified atom stereocenters. The van der Waals surface area contributed by atoms with Crippen LogP contribution in [0, 0.1) is 0 Å². The molecule has 5 nitrogen and oxygen atoms in total. The lowest BCUT2D eigenvalue weighted by Crippen LogP contribution is -2.30. The van der Waals surface area contributed by atoms with Gasteiger partial charge >= 0.3 is 0 Å². The summed E-state index contributed by atoms with van der Waals surface area (Å²) in [6.45, 7) is 1.21. The van der Waals surface area contributed by atoms with Crippen molar-refractivity contribution in [2.45, 2.75) is 50.3 Å². The first-order valence-corrected chi connectivity index (χ1v) is 10.0. The average molecular weight is 348 g/mol. The third kappa shape index (κ3) is 4.23. The SMILES string of the molecule is O=C(CS(=O)C1CCCC1)NCc1ccc(N2CCCC2=O)cc1. The number of anilines is 1. The number of carbonyl (C=O) groups is 2. The van der Waals surface area contributed by atoms with Crippen molar-refractivity contribution in [1.82, 2.24) is 5.32 Å². The molecule has 0 spiro atoms. The molecule has 1 aliphatic heterocycles. The molecule has 0 aromatic heterocycles. The summed E-state index contributed by atoms with van der Waals surface area (Å²) in [5, 5.41) is 3.04. The van der Waals surface area contributed by atoms with Gasteiger partial charge in [0.1, 0.15) is 5.75 Å². The van der Waals surface area contributed by atoms with Crippen molar-refractivity contribution in [2.24, 2.45) is 0 Å². The maximum atomic E-state index is 12.1. The maximum absolute atomic E-state index is 12.1. The quantitative estimate of drug-likeness (QED) is 0.856. The number of amides is 2. The maximum Gasteiger partial charge on any atom is 0.232 e. The molecule has 2 fully saturated rings. The molecule has 6 heteroatoms. The van der Waals surface area contributed by atoms with E-state index < -0.39 is 10.8 Å². The van der Waals surface area contributed by atoms with E-state index in [0.717, 1.165) is 49.9 Å². The monoisotopic (exact) mass is 348 g/mol. The molecule has 2 amide bonds. The zero-order valence-electron chi connectivity index (χ0n) is 13.8. The second-order valence-electron chi connectivity index (χ2n) is 6.52. The number of hydrogen-bond donors (Lipinski definition) is 1. The summed E-state index contributed by atoms with van der Waals surface area (Å²) in [5.74, 6) is 0.120. The molecule has 1 atom stereocenters. The molecule has 3 rings (SSSR count). The van der Waals surface area contributed by atoms with Gasteiger partial charge in [-0.15, -0.1) is 0 Å². The molecule has 1 saturated carbocycles. The van der Waals surface area contributed by atoms with E-state index >= 15 is 0 Å². The van der Waals surface area contributed by atoms with Crippen LogP contribution in [0.4, 0.5) is 5.69 Å². The molecule has 2 aliphatic rings. The fourth-order valence-electron chi connectivity index (χ4n) is 3.36. The number of nitrogens with one attached hydrogen (secondary N) is 1. The molecule has 1 saturated heterocycles. The lowest BCUT2D eigenvalue weighted by molar-refractivity contribution is -0.119. The van der Waals surface area contributed by atoms with Crippen LogP contribution < -0.4 is 10.2 Å². The van der Waals surface area contributed by atoms with E-state index in [4.69, 9.17) is 0 Å². The van der Waals surface area contributed by atoms with Crippen LogP contribution in [0.1, 0.15) is 44.1 Å². The topological polar surface area (TPSA) is 66.5 Å². The Morgan fingerprint density at radius 1 is 1.17 bits per heavy atom. The van der Waals surface area contributed by atoms with Gasteiger partial charge in [0, 0.05) is 41.2 Å². The molecule has 1 heterocycles. The van der Waals surface area contributed by atoms with Crippen molar-refractivity contribution in [2.75, 3.05) is 17.2 Å². The summed E-state index contributed by atoms with van der Waals surface area (Å²) in [6, 6.07) is 7.69. The molecule has 130 valence electrons.